The minimum atomic E-state index is -0.471. The van der Waals surface area contributed by atoms with Gasteiger partial charge in [-0.1, -0.05) is 26.0 Å². The van der Waals surface area contributed by atoms with Crippen molar-refractivity contribution >= 4 is 5.97 Å². The zero-order chi connectivity index (χ0) is 13.3. The van der Waals surface area contributed by atoms with Gasteiger partial charge in [0, 0.05) is 5.56 Å². The van der Waals surface area contributed by atoms with Crippen LogP contribution in [0.3, 0.4) is 0 Å². The summed E-state index contributed by atoms with van der Waals surface area (Å²) in [5.41, 5.74) is 1.73. The highest BCUT2D eigenvalue weighted by atomic mass is 16.5. The summed E-state index contributed by atoms with van der Waals surface area (Å²) in [6.45, 7) is 4.26. The van der Waals surface area contributed by atoms with Crippen LogP contribution >= 0.6 is 0 Å². The molecule has 1 aliphatic rings. The first-order valence-electron chi connectivity index (χ1n) is 6.32. The number of esters is 1. The molecule has 0 N–H and O–H groups in total. The van der Waals surface area contributed by atoms with Crippen LogP contribution in [0.5, 0.6) is 5.75 Å². The molecule has 0 heterocycles. The van der Waals surface area contributed by atoms with Crippen molar-refractivity contribution in [2.75, 3.05) is 14.2 Å². The third-order valence-corrected chi connectivity index (χ3v) is 3.71. The van der Waals surface area contributed by atoms with Gasteiger partial charge >= 0.3 is 5.97 Å². The van der Waals surface area contributed by atoms with Gasteiger partial charge in [-0.3, -0.25) is 4.79 Å². The zero-order valence-corrected chi connectivity index (χ0v) is 11.4. The number of carbonyl (C=O) groups is 1. The highest BCUT2D eigenvalue weighted by Crippen LogP contribution is 2.54. The van der Waals surface area contributed by atoms with E-state index in [2.05, 4.69) is 19.9 Å². The van der Waals surface area contributed by atoms with Crippen LogP contribution in [-0.2, 0) is 14.9 Å². The molecule has 18 heavy (non-hydrogen) atoms. The van der Waals surface area contributed by atoms with Crippen LogP contribution in [0, 0.1) is 0 Å². The number of ether oxygens (including phenoxy) is 2. The highest BCUT2D eigenvalue weighted by Gasteiger charge is 2.55. The molecule has 1 saturated carbocycles. The van der Waals surface area contributed by atoms with Crippen molar-refractivity contribution in [3.8, 4) is 5.75 Å². The molecular formula is C15H20O3. The van der Waals surface area contributed by atoms with Crippen LogP contribution in [0.1, 0.15) is 43.7 Å². The van der Waals surface area contributed by atoms with Gasteiger partial charge in [0.25, 0.3) is 0 Å². The maximum atomic E-state index is 12.1. The predicted molar refractivity (Wildman–Crippen MR) is 70.0 cm³/mol. The number of hydrogen-bond acceptors (Lipinski definition) is 3. The fourth-order valence-electron chi connectivity index (χ4n) is 2.59. The Kier molecular flexibility index (Phi) is 3.33. The molecule has 1 aliphatic carbocycles. The van der Waals surface area contributed by atoms with E-state index in [1.165, 1.54) is 12.7 Å². The van der Waals surface area contributed by atoms with Gasteiger partial charge in [0.1, 0.15) is 5.75 Å². The van der Waals surface area contributed by atoms with E-state index < -0.39 is 5.41 Å². The normalized spacial score (nSPS) is 16.5. The summed E-state index contributed by atoms with van der Waals surface area (Å²) in [6.07, 6.45) is 1.69. The maximum Gasteiger partial charge on any atom is 0.316 e. The Balaban J connectivity index is 2.58. The molecule has 98 valence electrons. The van der Waals surface area contributed by atoms with Crippen molar-refractivity contribution in [3.05, 3.63) is 29.3 Å². The van der Waals surface area contributed by atoms with Crippen LogP contribution in [0.2, 0.25) is 0 Å². The molecule has 1 aromatic carbocycles. The standard InChI is InChI=1S/C15H20O3/c1-10(2)11-6-5-7-12(17-3)13(11)15(8-9-15)14(16)18-4/h5-7,10H,8-9H2,1-4H3. The molecule has 3 nitrogen and oxygen atoms in total. The SMILES string of the molecule is COC(=O)C1(c2c(OC)cccc2C(C)C)CC1. The Morgan fingerprint density at radius 2 is 1.94 bits per heavy atom. The molecule has 0 amide bonds. The molecule has 0 spiro atoms. The van der Waals surface area contributed by atoms with Gasteiger partial charge in [0.2, 0.25) is 0 Å². The van der Waals surface area contributed by atoms with Gasteiger partial charge < -0.3 is 9.47 Å². The van der Waals surface area contributed by atoms with Crippen molar-refractivity contribution in [2.45, 2.75) is 38.0 Å². The lowest BCUT2D eigenvalue weighted by atomic mass is 9.86. The first-order valence-corrected chi connectivity index (χ1v) is 6.32. The lowest BCUT2D eigenvalue weighted by Crippen LogP contribution is -2.24. The summed E-state index contributed by atoms with van der Waals surface area (Å²) >= 11 is 0. The van der Waals surface area contributed by atoms with E-state index in [1.807, 2.05) is 12.1 Å². The lowest BCUT2D eigenvalue weighted by molar-refractivity contribution is -0.143. The topological polar surface area (TPSA) is 35.5 Å². The average Bonchev–Trinajstić information content (AvgIpc) is 3.18. The largest absolute Gasteiger partial charge is 0.496 e. The second-order valence-electron chi connectivity index (χ2n) is 5.15. The molecule has 0 atom stereocenters. The summed E-state index contributed by atoms with van der Waals surface area (Å²) < 4.78 is 10.4. The van der Waals surface area contributed by atoms with E-state index >= 15 is 0 Å². The predicted octanol–water partition coefficient (Wildman–Crippen LogP) is 3.02. The maximum absolute atomic E-state index is 12.1. The van der Waals surface area contributed by atoms with Gasteiger partial charge in [-0.2, -0.15) is 0 Å². The van der Waals surface area contributed by atoms with Gasteiger partial charge in [-0.05, 0) is 30.4 Å². The van der Waals surface area contributed by atoms with Crippen LogP contribution in [-0.4, -0.2) is 20.2 Å². The minimum Gasteiger partial charge on any atom is -0.496 e. The van der Waals surface area contributed by atoms with Crippen LogP contribution in [0.25, 0.3) is 0 Å². The van der Waals surface area contributed by atoms with Gasteiger partial charge in [0.05, 0.1) is 19.6 Å². The quantitative estimate of drug-likeness (QED) is 0.768. The van der Waals surface area contributed by atoms with Crippen molar-refractivity contribution in [1.82, 2.24) is 0 Å². The summed E-state index contributed by atoms with van der Waals surface area (Å²) in [7, 11) is 3.10. The van der Waals surface area contributed by atoms with E-state index in [-0.39, 0.29) is 5.97 Å². The number of rotatable bonds is 4. The molecule has 0 aliphatic heterocycles. The molecular weight excluding hydrogens is 228 g/mol. The third-order valence-electron chi connectivity index (χ3n) is 3.71. The third kappa shape index (κ3) is 1.88. The molecule has 3 heteroatoms. The Hall–Kier alpha value is -1.51. The fraction of sp³-hybridized carbons (Fsp3) is 0.533. The molecule has 0 bridgehead atoms. The van der Waals surface area contributed by atoms with Crippen molar-refractivity contribution in [2.24, 2.45) is 0 Å². The molecule has 0 saturated heterocycles. The summed E-state index contributed by atoms with van der Waals surface area (Å²) in [6, 6.07) is 5.97. The highest BCUT2D eigenvalue weighted by molar-refractivity contribution is 5.88. The van der Waals surface area contributed by atoms with E-state index in [9.17, 15) is 4.79 Å². The second kappa shape index (κ2) is 4.63. The number of methoxy groups -OCH3 is 2. The first kappa shape index (κ1) is 12.9. The van der Waals surface area contributed by atoms with E-state index in [0.717, 1.165) is 24.2 Å². The van der Waals surface area contributed by atoms with Gasteiger partial charge in [-0.25, -0.2) is 0 Å². The molecule has 0 aromatic heterocycles. The Morgan fingerprint density at radius 1 is 1.28 bits per heavy atom. The van der Waals surface area contributed by atoms with Gasteiger partial charge in [0.15, 0.2) is 0 Å². The van der Waals surface area contributed by atoms with E-state index in [1.54, 1.807) is 7.11 Å². The molecule has 1 fully saturated rings. The molecule has 1 aromatic rings. The lowest BCUT2D eigenvalue weighted by Gasteiger charge is -2.22. The second-order valence-corrected chi connectivity index (χ2v) is 5.15. The van der Waals surface area contributed by atoms with Crippen LogP contribution in [0.15, 0.2) is 18.2 Å². The monoisotopic (exact) mass is 248 g/mol. The van der Waals surface area contributed by atoms with E-state index in [4.69, 9.17) is 9.47 Å². The van der Waals surface area contributed by atoms with Crippen LogP contribution < -0.4 is 4.74 Å². The average molecular weight is 248 g/mol. The number of carbonyl (C=O) groups excluding carboxylic acids is 1. The van der Waals surface area contributed by atoms with Crippen molar-refractivity contribution in [1.29, 1.82) is 0 Å². The molecule has 2 rings (SSSR count). The number of hydrogen-bond donors (Lipinski definition) is 0. The Labute approximate surface area is 108 Å². The van der Waals surface area contributed by atoms with Gasteiger partial charge in [-0.15, -0.1) is 0 Å². The zero-order valence-electron chi connectivity index (χ0n) is 11.4. The smallest absolute Gasteiger partial charge is 0.316 e. The summed E-state index contributed by atoms with van der Waals surface area (Å²) in [5.74, 6) is 1.01. The van der Waals surface area contributed by atoms with Crippen molar-refractivity contribution in [3.63, 3.8) is 0 Å². The fourth-order valence-corrected chi connectivity index (χ4v) is 2.59. The summed E-state index contributed by atoms with van der Waals surface area (Å²) in [5, 5.41) is 0. The summed E-state index contributed by atoms with van der Waals surface area (Å²) in [4.78, 5) is 12.1. The molecule has 0 unspecified atom stereocenters. The molecule has 0 radical (unpaired) electrons. The first-order chi connectivity index (χ1) is 8.56. The number of benzene rings is 1. The van der Waals surface area contributed by atoms with Crippen LogP contribution in [0.4, 0.5) is 0 Å². The Bertz CT molecular complexity index is 459. The minimum absolute atomic E-state index is 0.145. The Morgan fingerprint density at radius 3 is 2.39 bits per heavy atom. The van der Waals surface area contributed by atoms with E-state index in [0.29, 0.717) is 5.92 Å². The van der Waals surface area contributed by atoms with Crippen molar-refractivity contribution < 1.29 is 14.3 Å².